The fourth-order valence-electron chi connectivity index (χ4n) is 2.27. The van der Waals surface area contributed by atoms with E-state index in [2.05, 4.69) is 10.6 Å². The molecule has 1 aliphatic rings. The Morgan fingerprint density at radius 2 is 2.30 bits per heavy atom. The number of amides is 1. The topological polar surface area (TPSA) is 84.3 Å². The van der Waals surface area contributed by atoms with Crippen LogP contribution < -0.4 is 10.6 Å². The molecular formula is C13H18ClN3O3. The number of nitrogens with zero attached hydrogens (tertiary/aromatic N) is 1. The van der Waals surface area contributed by atoms with Gasteiger partial charge in [-0.1, -0.05) is 12.1 Å². The van der Waals surface area contributed by atoms with Crippen molar-refractivity contribution in [3.63, 3.8) is 0 Å². The molecule has 1 aliphatic heterocycles. The molecule has 0 spiro atoms. The maximum absolute atomic E-state index is 11.8. The van der Waals surface area contributed by atoms with Gasteiger partial charge in [-0.15, -0.1) is 12.4 Å². The van der Waals surface area contributed by atoms with E-state index in [0.717, 1.165) is 24.9 Å². The molecule has 1 saturated heterocycles. The number of rotatable bonds is 4. The van der Waals surface area contributed by atoms with Gasteiger partial charge in [-0.3, -0.25) is 14.9 Å². The van der Waals surface area contributed by atoms with Crippen LogP contribution in [0, 0.1) is 17.0 Å². The zero-order valence-corrected chi connectivity index (χ0v) is 12.0. The van der Waals surface area contributed by atoms with Crippen molar-refractivity contribution in [2.24, 2.45) is 0 Å². The van der Waals surface area contributed by atoms with E-state index in [1.54, 1.807) is 19.1 Å². The lowest BCUT2D eigenvalue weighted by Crippen LogP contribution is -2.40. The molecule has 7 heteroatoms. The maximum Gasteiger partial charge on any atom is 0.272 e. The first kappa shape index (κ1) is 16.4. The smallest absolute Gasteiger partial charge is 0.272 e. The molecule has 1 amide bonds. The predicted molar refractivity (Wildman–Crippen MR) is 78.0 cm³/mol. The van der Waals surface area contributed by atoms with Gasteiger partial charge in [0.05, 0.1) is 11.0 Å². The van der Waals surface area contributed by atoms with Crippen LogP contribution in [0.2, 0.25) is 0 Å². The molecule has 0 aliphatic carbocycles. The van der Waals surface area contributed by atoms with Crippen molar-refractivity contribution in [1.29, 1.82) is 0 Å². The van der Waals surface area contributed by atoms with Gasteiger partial charge in [-0.2, -0.15) is 0 Å². The van der Waals surface area contributed by atoms with E-state index >= 15 is 0 Å². The molecule has 0 radical (unpaired) electrons. The molecule has 20 heavy (non-hydrogen) atoms. The molecule has 2 rings (SSSR count). The SMILES string of the molecule is Cc1c(CNC(=O)[C@@H]2CCCN2)cccc1[N+](=O)[O-].Cl. The second-order valence-electron chi connectivity index (χ2n) is 4.69. The quantitative estimate of drug-likeness (QED) is 0.654. The standard InChI is InChI=1S/C13H17N3O3.ClH/c1-9-10(4-2-6-12(9)16(18)19)8-15-13(17)11-5-3-7-14-11;/h2,4,6,11,14H,3,5,7-8H2,1H3,(H,15,17);1H/t11-;/m0./s1. The number of nitro groups is 1. The number of hydrogen-bond acceptors (Lipinski definition) is 4. The number of nitrogens with one attached hydrogen (secondary N) is 2. The molecule has 1 fully saturated rings. The number of carbonyl (C=O) groups is 1. The van der Waals surface area contributed by atoms with Gasteiger partial charge in [0.2, 0.25) is 5.91 Å². The summed E-state index contributed by atoms with van der Waals surface area (Å²) < 4.78 is 0. The van der Waals surface area contributed by atoms with Crippen LogP contribution in [0.25, 0.3) is 0 Å². The second kappa shape index (κ2) is 7.21. The first-order valence-corrected chi connectivity index (χ1v) is 6.33. The van der Waals surface area contributed by atoms with E-state index in [0.29, 0.717) is 12.1 Å². The largest absolute Gasteiger partial charge is 0.351 e. The Kier molecular flexibility index (Phi) is 5.91. The number of halogens is 1. The highest BCUT2D eigenvalue weighted by Gasteiger charge is 2.22. The van der Waals surface area contributed by atoms with E-state index in [1.165, 1.54) is 6.07 Å². The summed E-state index contributed by atoms with van der Waals surface area (Å²) in [6.07, 6.45) is 1.85. The van der Waals surface area contributed by atoms with Crippen LogP contribution in [0.3, 0.4) is 0 Å². The van der Waals surface area contributed by atoms with Crippen molar-refractivity contribution in [1.82, 2.24) is 10.6 Å². The second-order valence-corrected chi connectivity index (χ2v) is 4.69. The van der Waals surface area contributed by atoms with Crippen LogP contribution in [0.5, 0.6) is 0 Å². The first-order chi connectivity index (χ1) is 9.09. The van der Waals surface area contributed by atoms with Crippen molar-refractivity contribution < 1.29 is 9.72 Å². The van der Waals surface area contributed by atoms with Gasteiger partial charge in [0.25, 0.3) is 5.69 Å². The Morgan fingerprint density at radius 1 is 1.55 bits per heavy atom. The molecule has 0 aromatic heterocycles. The molecule has 1 atom stereocenters. The first-order valence-electron chi connectivity index (χ1n) is 6.33. The van der Waals surface area contributed by atoms with Gasteiger partial charge in [-0.25, -0.2) is 0 Å². The molecule has 6 nitrogen and oxygen atoms in total. The van der Waals surface area contributed by atoms with Gasteiger partial charge in [0.1, 0.15) is 0 Å². The number of nitro benzene ring substituents is 1. The number of benzene rings is 1. The summed E-state index contributed by atoms with van der Waals surface area (Å²) >= 11 is 0. The van der Waals surface area contributed by atoms with E-state index in [4.69, 9.17) is 0 Å². The Labute approximate surface area is 123 Å². The summed E-state index contributed by atoms with van der Waals surface area (Å²) in [4.78, 5) is 22.3. The number of carbonyl (C=O) groups excluding carboxylic acids is 1. The Morgan fingerprint density at radius 3 is 2.90 bits per heavy atom. The summed E-state index contributed by atoms with van der Waals surface area (Å²) in [5, 5.41) is 16.8. The van der Waals surface area contributed by atoms with Crippen LogP contribution in [-0.2, 0) is 11.3 Å². The monoisotopic (exact) mass is 299 g/mol. The summed E-state index contributed by atoms with van der Waals surface area (Å²) in [5.74, 6) is -0.0385. The lowest BCUT2D eigenvalue weighted by molar-refractivity contribution is -0.385. The molecule has 0 saturated carbocycles. The lowest BCUT2D eigenvalue weighted by atomic mass is 10.1. The third-order valence-electron chi connectivity index (χ3n) is 3.44. The molecule has 2 N–H and O–H groups in total. The highest BCUT2D eigenvalue weighted by molar-refractivity contribution is 5.85. The zero-order valence-electron chi connectivity index (χ0n) is 11.2. The Balaban J connectivity index is 0.00000200. The summed E-state index contributed by atoms with van der Waals surface area (Å²) in [7, 11) is 0. The Hall–Kier alpha value is -1.66. The van der Waals surface area contributed by atoms with Crippen LogP contribution in [0.1, 0.15) is 24.0 Å². The Bertz CT molecular complexity index is 502. The lowest BCUT2D eigenvalue weighted by Gasteiger charge is -2.12. The van der Waals surface area contributed by atoms with Crippen molar-refractivity contribution in [3.8, 4) is 0 Å². The van der Waals surface area contributed by atoms with Crippen LogP contribution in [0.15, 0.2) is 18.2 Å². The van der Waals surface area contributed by atoms with E-state index in [1.807, 2.05) is 0 Å². The molecule has 1 heterocycles. The molecule has 0 unspecified atom stereocenters. The van der Waals surface area contributed by atoms with Gasteiger partial charge >= 0.3 is 0 Å². The molecule has 1 aromatic carbocycles. The highest BCUT2D eigenvalue weighted by atomic mass is 35.5. The highest BCUT2D eigenvalue weighted by Crippen LogP contribution is 2.20. The molecule has 0 bridgehead atoms. The van der Waals surface area contributed by atoms with Crippen molar-refractivity contribution in [2.45, 2.75) is 32.4 Å². The fraction of sp³-hybridized carbons (Fsp3) is 0.462. The normalized spacial score (nSPS) is 17.4. The minimum absolute atomic E-state index is 0. The molecule has 1 aromatic rings. The van der Waals surface area contributed by atoms with Gasteiger partial charge in [-0.05, 0) is 31.9 Å². The fourth-order valence-corrected chi connectivity index (χ4v) is 2.27. The minimum Gasteiger partial charge on any atom is -0.351 e. The van der Waals surface area contributed by atoms with Crippen molar-refractivity contribution in [3.05, 3.63) is 39.4 Å². The summed E-state index contributed by atoms with van der Waals surface area (Å²) in [6, 6.07) is 4.78. The van der Waals surface area contributed by atoms with E-state index < -0.39 is 4.92 Å². The van der Waals surface area contributed by atoms with Gasteiger partial charge in [0.15, 0.2) is 0 Å². The average Bonchev–Trinajstić information content (AvgIpc) is 2.90. The van der Waals surface area contributed by atoms with E-state index in [9.17, 15) is 14.9 Å². The number of hydrogen-bond donors (Lipinski definition) is 2. The van der Waals surface area contributed by atoms with Crippen molar-refractivity contribution >= 4 is 24.0 Å². The molecular weight excluding hydrogens is 282 g/mol. The molecule has 110 valence electrons. The maximum atomic E-state index is 11.8. The van der Waals surface area contributed by atoms with E-state index in [-0.39, 0.29) is 30.0 Å². The van der Waals surface area contributed by atoms with Crippen LogP contribution in [-0.4, -0.2) is 23.4 Å². The zero-order chi connectivity index (χ0) is 13.8. The predicted octanol–water partition coefficient (Wildman–Crippen LogP) is 1.69. The third kappa shape index (κ3) is 3.68. The summed E-state index contributed by atoms with van der Waals surface area (Å²) in [6.45, 7) is 2.89. The average molecular weight is 300 g/mol. The van der Waals surface area contributed by atoms with Crippen LogP contribution >= 0.6 is 12.4 Å². The van der Waals surface area contributed by atoms with Crippen LogP contribution in [0.4, 0.5) is 5.69 Å². The minimum atomic E-state index is -0.404. The van der Waals surface area contributed by atoms with Crippen molar-refractivity contribution in [2.75, 3.05) is 6.54 Å². The van der Waals surface area contributed by atoms with Gasteiger partial charge in [0, 0.05) is 18.2 Å². The summed E-state index contributed by atoms with van der Waals surface area (Å²) in [5.41, 5.74) is 1.47. The van der Waals surface area contributed by atoms with Gasteiger partial charge < -0.3 is 10.6 Å². The third-order valence-corrected chi connectivity index (χ3v) is 3.44.